The molecule has 0 unspecified atom stereocenters. The highest BCUT2D eigenvalue weighted by Crippen LogP contribution is 2.47. The van der Waals surface area contributed by atoms with Gasteiger partial charge in [-0.1, -0.05) is 48.5 Å². The van der Waals surface area contributed by atoms with Gasteiger partial charge in [-0.25, -0.2) is 4.79 Å². The summed E-state index contributed by atoms with van der Waals surface area (Å²) in [7, 11) is 0. The number of hydrogen-bond donors (Lipinski definition) is 1. The van der Waals surface area contributed by atoms with Gasteiger partial charge >= 0.3 is 11.7 Å². The fourth-order valence-electron chi connectivity index (χ4n) is 2.93. The number of benzene rings is 2. The zero-order chi connectivity index (χ0) is 15.7. The summed E-state index contributed by atoms with van der Waals surface area (Å²) in [4.78, 5) is 15.2. The second kappa shape index (κ2) is 5.22. The molecule has 0 amide bonds. The minimum absolute atomic E-state index is 0.122. The smallest absolute Gasteiger partial charge is 0.421 e. The van der Waals surface area contributed by atoms with E-state index in [1.807, 2.05) is 24.3 Å². The fourth-order valence-corrected chi connectivity index (χ4v) is 2.93. The molecule has 0 aliphatic heterocycles. The highest BCUT2D eigenvalue weighted by atomic mass is 16.5. The number of carbonyl (C=O) groups excluding carboxylic acids is 1. The second-order valence-electron chi connectivity index (χ2n) is 4.97. The normalized spacial score (nSPS) is 13.7. The first-order valence-corrected chi connectivity index (χ1v) is 6.96. The summed E-state index contributed by atoms with van der Waals surface area (Å²) in [5, 5.41) is 11.3. The van der Waals surface area contributed by atoms with Gasteiger partial charge in [-0.15, -0.1) is 0 Å². The van der Waals surface area contributed by atoms with Gasteiger partial charge in [-0.2, -0.15) is 4.79 Å². The van der Waals surface area contributed by atoms with Crippen LogP contribution in [0, 0.1) is 0 Å². The van der Waals surface area contributed by atoms with Crippen LogP contribution in [0.2, 0.25) is 0 Å². The van der Waals surface area contributed by atoms with Crippen LogP contribution in [0.1, 0.15) is 18.1 Å². The first-order valence-electron chi connectivity index (χ1n) is 6.96. The molecule has 0 radical (unpaired) electrons. The van der Waals surface area contributed by atoms with Gasteiger partial charge in [0, 0.05) is 11.1 Å². The molecule has 0 saturated heterocycles. The highest BCUT2D eigenvalue weighted by molar-refractivity contribution is 6.38. The number of carbonyl (C=O) groups is 1. The molecule has 0 aromatic heterocycles. The van der Waals surface area contributed by atoms with E-state index in [-0.39, 0.29) is 6.61 Å². The second-order valence-corrected chi connectivity index (χ2v) is 4.97. The molecule has 0 atom stereocenters. The number of aliphatic hydroxyl groups is 1. The van der Waals surface area contributed by atoms with Gasteiger partial charge in [-0.3, -0.25) is 0 Å². The Morgan fingerprint density at radius 3 is 2.09 bits per heavy atom. The molecule has 1 N–H and O–H groups in total. The monoisotopic (exact) mass is 294 g/mol. The Kier molecular flexibility index (Phi) is 3.37. The average molecular weight is 294 g/mol. The molecule has 2 aromatic rings. The van der Waals surface area contributed by atoms with Crippen LogP contribution in [0.3, 0.4) is 0 Å². The molecule has 1 aliphatic carbocycles. The summed E-state index contributed by atoms with van der Waals surface area (Å²) in [6.07, 6.45) is 0. The molecular formula is C17H14N2O3. The van der Waals surface area contributed by atoms with Crippen molar-refractivity contribution in [3.05, 3.63) is 65.2 Å². The molecule has 2 aromatic carbocycles. The third kappa shape index (κ3) is 1.80. The molecule has 0 heterocycles. The SMILES string of the molecule is CCOC(=O)C(=[N+]=[N-])C1(O)c2ccccc2-c2ccccc21. The van der Waals surface area contributed by atoms with Gasteiger partial charge in [-0.05, 0) is 18.1 Å². The molecular weight excluding hydrogens is 280 g/mol. The number of esters is 1. The lowest BCUT2D eigenvalue weighted by Gasteiger charge is -2.19. The van der Waals surface area contributed by atoms with Crippen molar-refractivity contribution in [1.29, 1.82) is 0 Å². The maximum atomic E-state index is 12.1. The number of ether oxygens (including phenoxy) is 1. The van der Waals surface area contributed by atoms with Crippen LogP contribution in [0.25, 0.3) is 16.7 Å². The van der Waals surface area contributed by atoms with Crippen LogP contribution >= 0.6 is 0 Å². The van der Waals surface area contributed by atoms with Crippen LogP contribution in [-0.2, 0) is 15.1 Å². The zero-order valence-electron chi connectivity index (χ0n) is 12.0. The van der Waals surface area contributed by atoms with E-state index >= 15 is 0 Å². The third-order valence-electron chi connectivity index (χ3n) is 3.84. The summed E-state index contributed by atoms with van der Waals surface area (Å²) in [5.74, 6) is -0.848. The molecule has 0 spiro atoms. The lowest BCUT2D eigenvalue weighted by molar-refractivity contribution is -0.142. The van der Waals surface area contributed by atoms with Crippen LogP contribution in [0.15, 0.2) is 48.5 Å². The van der Waals surface area contributed by atoms with Gasteiger partial charge in [0.1, 0.15) is 0 Å². The largest absolute Gasteiger partial charge is 0.457 e. The highest BCUT2D eigenvalue weighted by Gasteiger charge is 2.55. The van der Waals surface area contributed by atoms with Crippen molar-refractivity contribution in [2.45, 2.75) is 12.5 Å². The number of nitrogens with zero attached hydrogens (tertiary/aromatic N) is 2. The molecule has 0 fully saturated rings. The Morgan fingerprint density at radius 2 is 1.64 bits per heavy atom. The van der Waals surface area contributed by atoms with E-state index in [1.54, 1.807) is 31.2 Å². The van der Waals surface area contributed by atoms with Crippen molar-refractivity contribution in [2.75, 3.05) is 6.61 Å². The topological polar surface area (TPSA) is 82.9 Å². The van der Waals surface area contributed by atoms with E-state index < -0.39 is 17.3 Å². The van der Waals surface area contributed by atoms with Crippen LogP contribution in [-0.4, -0.2) is 28.2 Å². The lowest BCUT2D eigenvalue weighted by atomic mass is 9.86. The standard InChI is InChI=1S/C17H14N2O3/c1-2-22-16(20)15(19-18)17(21)13-9-5-3-7-11(13)12-8-4-6-10-14(12)17/h3-10,21H,2H2,1H3. The van der Waals surface area contributed by atoms with Crippen molar-refractivity contribution in [3.63, 3.8) is 0 Å². The van der Waals surface area contributed by atoms with Gasteiger partial charge in [0.2, 0.25) is 5.60 Å². The Labute approximate surface area is 127 Å². The minimum Gasteiger partial charge on any atom is -0.457 e. The molecule has 5 nitrogen and oxygen atoms in total. The van der Waals surface area contributed by atoms with Crippen LogP contribution in [0.5, 0.6) is 0 Å². The fraction of sp³-hybridized carbons (Fsp3) is 0.176. The molecule has 1 aliphatic rings. The Balaban J connectivity index is 2.29. The molecule has 3 rings (SSSR count). The lowest BCUT2D eigenvalue weighted by Crippen LogP contribution is -2.41. The average Bonchev–Trinajstić information content (AvgIpc) is 2.80. The number of fused-ring (bicyclic) bond motifs is 3. The van der Waals surface area contributed by atoms with Crippen LogP contribution < -0.4 is 0 Å². The van der Waals surface area contributed by atoms with Crippen molar-refractivity contribution in [1.82, 2.24) is 0 Å². The van der Waals surface area contributed by atoms with Gasteiger partial charge in [0.05, 0.1) is 6.61 Å². The van der Waals surface area contributed by atoms with E-state index in [0.29, 0.717) is 11.1 Å². The first-order chi connectivity index (χ1) is 10.6. The summed E-state index contributed by atoms with van der Waals surface area (Å²) in [6.45, 7) is 1.77. The maximum absolute atomic E-state index is 12.1. The Morgan fingerprint density at radius 1 is 1.14 bits per heavy atom. The van der Waals surface area contributed by atoms with E-state index in [0.717, 1.165) is 11.1 Å². The minimum atomic E-state index is -1.83. The van der Waals surface area contributed by atoms with E-state index in [1.165, 1.54) is 0 Å². The van der Waals surface area contributed by atoms with Gasteiger partial charge < -0.3 is 15.4 Å². The molecule has 0 saturated carbocycles. The molecule has 5 heteroatoms. The van der Waals surface area contributed by atoms with Gasteiger partial charge in [0.15, 0.2) is 0 Å². The number of rotatable bonds is 3. The summed E-state index contributed by atoms with van der Waals surface area (Å²) < 4.78 is 4.91. The molecule has 110 valence electrons. The van der Waals surface area contributed by atoms with Crippen molar-refractivity contribution >= 4 is 11.7 Å². The van der Waals surface area contributed by atoms with Crippen molar-refractivity contribution in [2.24, 2.45) is 0 Å². The third-order valence-corrected chi connectivity index (χ3v) is 3.84. The first kappa shape index (κ1) is 14.2. The van der Waals surface area contributed by atoms with Gasteiger partial charge in [0.25, 0.3) is 0 Å². The predicted octanol–water partition coefficient (Wildman–Crippen LogP) is 2.14. The van der Waals surface area contributed by atoms with E-state index in [2.05, 4.69) is 4.79 Å². The van der Waals surface area contributed by atoms with Crippen molar-refractivity contribution < 1.29 is 19.4 Å². The van der Waals surface area contributed by atoms with E-state index in [4.69, 9.17) is 4.74 Å². The molecule has 0 bridgehead atoms. The number of hydrogen-bond acceptors (Lipinski definition) is 3. The van der Waals surface area contributed by atoms with E-state index in [9.17, 15) is 15.4 Å². The Hall–Kier alpha value is -2.75. The predicted molar refractivity (Wildman–Crippen MR) is 80.1 cm³/mol. The summed E-state index contributed by atoms with van der Waals surface area (Å²) in [6, 6.07) is 14.3. The van der Waals surface area contributed by atoms with Crippen molar-refractivity contribution in [3.8, 4) is 11.1 Å². The quantitative estimate of drug-likeness (QED) is 0.407. The molecule has 22 heavy (non-hydrogen) atoms. The Bertz CT molecular complexity index is 762. The zero-order valence-corrected chi connectivity index (χ0v) is 12.0. The summed E-state index contributed by atoms with van der Waals surface area (Å²) in [5.41, 5.74) is 9.65. The summed E-state index contributed by atoms with van der Waals surface area (Å²) >= 11 is 0. The maximum Gasteiger partial charge on any atom is 0.421 e. The van der Waals surface area contributed by atoms with Crippen LogP contribution in [0.4, 0.5) is 0 Å².